The first-order chi connectivity index (χ1) is 18.2. The van der Waals surface area contributed by atoms with Crippen LogP contribution in [0.5, 0.6) is 0 Å². The van der Waals surface area contributed by atoms with Crippen LogP contribution in [0.15, 0.2) is 12.2 Å². The van der Waals surface area contributed by atoms with Crippen LogP contribution in [0.4, 0.5) is 0 Å². The van der Waals surface area contributed by atoms with Crippen molar-refractivity contribution in [3.8, 4) is 0 Å². The van der Waals surface area contributed by atoms with Crippen molar-refractivity contribution in [3.63, 3.8) is 0 Å². The zero-order valence-electron chi connectivity index (χ0n) is 24.8. The third-order valence-corrected chi connectivity index (χ3v) is 7.99. The summed E-state index contributed by atoms with van der Waals surface area (Å²) in [5.41, 5.74) is 0. The van der Waals surface area contributed by atoms with E-state index in [-0.39, 0.29) is 24.1 Å². The average molecular weight is 541 g/mol. The molecule has 0 amide bonds. The van der Waals surface area contributed by atoms with Crippen molar-refractivity contribution in [2.45, 2.75) is 124 Å². The van der Waals surface area contributed by atoms with E-state index >= 15 is 0 Å². The molecule has 0 aromatic carbocycles. The monoisotopic (exact) mass is 540 g/mol. The van der Waals surface area contributed by atoms with Gasteiger partial charge in [-0.05, 0) is 57.8 Å². The van der Waals surface area contributed by atoms with Gasteiger partial charge in [-0.3, -0.25) is 14.4 Å². The second-order valence-electron chi connectivity index (χ2n) is 11.2. The summed E-state index contributed by atoms with van der Waals surface area (Å²) in [6, 6.07) is 0. The lowest BCUT2D eigenvalue weighted by atomic mass is 9.95. The van der Waals surface area contributed by atoms with Crippen LogP contribution in [0, 0.1) is 17.8 Å². The van der Waals surface area contributed by atoms with E-state index in [1.54, 1.807) is 0 Å². The highest BCUT2D eigenvalue weighted by Crippen LogP contribution is 2.25. The maximum absolute atomic E-state index is 11.9. The van der Waals surface area contributed by atoms with Gasteiger partial charge in [0.15, 0.2) is 0 Å². The van der Waals surface area contributed by atoms with Gasteiger partial charge in [0, 0.05) is 0 Å². The lowest BCUT2D eigenvalue weighted by Crippen LogP contribution is -2.58. The van der Waals surface area contributed by atoms with Crippen molar-refractivity contribution in [2.24, 2.45) is 17.8 Å². The number of hydrogen-bond acceptors (Lipinski definition) is 3. The van der Waals surface area contributed by atoms with E-state index in [0.717, 1.165) is 38.5 Å². The van der Waals surface area contributed by atoms with Gasteiger partial charge in [0.25, 0.3) is 0 Å². The molecule has 3 N–H and O–H groups in total. The Morgan fingerprint density at radius 3 is 1.24 bits per heavy atom. The van der Waals surface area contributed by atoms with Gasteiger partial charge in [-0.15, -0.1) is 0 Å². The maximum Gasteiger partial charge on any atom is 0.312 e. The second-order valence-corrected chi connectivity index (χ2v) is 11.2. The van der Waals surface area contributed by atoms with Crippen LogP contribution in [0.25, 0.3) is 0 Å². The van der Waals surface area contributed by atoms with Gasteiger partial charge in [-0.2, -0.15) is 0 Å². The minimum absolute atomic E-state index is 0.249. The van der Waals surface area contributed by atoms with Crippen molar-refractivity contribution in [1.29, 1.82) is 0 Å². The number of rotatable bonds is 26. The molecule has 0 aromatic rings. The average Bonchev–Trinajstić information content (AvgIpc) is 2.88. The summed E-state index contributed by atoms with van der Waals surface area (Å²) in [6.45, 7) is 9.18. The van der Waals surface area contributed by atoms with Crippen molar-refractivity contribution < 1.29 is 34.2 Å². The fraction of sp³-hybridized carbons (Fsp3) is 0.839. The lowest BCUT2D eigenvalue weighted by Gasteiger charge is -2.43. The Balaban J connectivity index is 5.09. The molecule has 0 heterocycles. The number of aliphatic carboxylic acids is 3. The number of hydrogen-bond donors (Lipinski definition) is 3. The normalized spacial score (nSPS) is 15.7. The molecule has 0 fully saturated rings. The van der Waals surface area contributed by atoms with Gasteiger partial charge in [0.1, 0.15) is 17.8 Å². The van der Waals surface area contributed by atoms with Gasteiger partial charge >= 0.3 is 17.9 Å². The van der Waals surface area contributed by atoms with E-state index in [1.165, 1.54) is 38.5 Å². The molecular weight excluding hydrogens is 482 g/mol. The molecule has 0 aliphatic rings. The predicted octanol–water partition coefficient (Wildman–Crippen LogP) is 7.39. The van der Waals surface area contributed by atoms with Crippen LogP contribution >= 0.6 is 0 Å². The van der Waals surface area contributed by atoms with Gasteiger partial charge < -0.3 is 19.8 Å². The standard InChI is InChI=1S/C31H57NO6/c1-5-9-10-11-12-13-14-15-16-17-18-19-20-21-22-32(23-26(6-2)29(33)34,24-27(7-3)30(35)36)25-28(8-4)31(37)38/h15-16,26-28H,5-14,17-25H2,1-4H3,(H2-,33,34,35,36,37,38)/p+1/b16-15+. The molecule has 3 atom stereocenters. The molecule has 3 unspecified atom stereocenters. The molecule has 0 aliphatic carbocycles. The van der Waals surface area contributed by atoms with E-state index in [9.17, 15) is 29.7 Å². The molecule has 0 aliphatic heterocycles. The second kappa shape index (κ2) is 22.0. The van der Waals surface area contributed by atoms with Crippen LogP contribution in [-0.4, -0.2) is 63.9 Å². The minimum Gasteiger partial charge on any atom is -0.481 e. The van der Waals surface area contributed by atoms with E-state index in [0.29, 0.717) is 25.8 Å². The predicted molar refractivity (Wildman–Crippen MR) is 154 cm³/mol. The summed E-state index contributed by atoms with van der Waals surface area (Å²) in [7, 11) is 0. The quantitative estimate of drug-likeness (QED) is 0.0599. The number of nitrogens with zero attached hydrogens (tertiary/aromatic N) is 1. The first-order valence-corrected chi connectivity index (χ1v) is 15.3. The van der Waals surface area contributed by atoms with Crippen LogP contribution in [0.2, 0.25) is 0 Å². The molecule has 0 spiro atoms. The molecule has 0 saturated carbocycles. The number of allylic oxidation sites excluding steroid dienone is 2. The summed E-state index contributed by atoms with van der Waals surface area (Å²) in [4.78, 5) is 35.8. The SMILES string of the molecule is CCCCCCCC/C=C/CCCCCC[N+](CC(CC)C(=O)O)(CC(CC)C(=O)O)CC(CC)C(=O)O. The van der Waals surface area contributed by atoms with Crippen LogP contribution in [0.1, 0.15) is 124 Å². The first-order valence-electron chi connectivity index (χ1n) is 15.3. The van der Waals surface area contributed by atoms with Crippen molar-refractivity contribution in [1.82, 2.24) is 0 Å². The molecule has 0 rings (SSSR count). The molecule has 0 aromatic heterocycles. The van der Waals surface area contributed by atoms with Gasteiger partial charge in [0.05, 0.1) is 26.2 Å². The molecular formula is C31H58NO6+. The highest BCUT2D eigenvalue weighted by Gasteiger charge is 2.40. The molecule has 0 saturated heterocycles. The Bertz CT molecular complexity index is 617. The Hall–Kier alpha value is -1.89. The Labute approximate surface area is 232 Å². The molecule has 0 bridgehead atoms. The van der Waals surface area contributed by atoms with Crippen LogP contribution in [0.3, 0.4) is 0 Å². The smallest absolute Gasteiger partial charge is 0.312 e. The Kier molecular flexibility index (Phi) is 20.9. The van der Waals surface area contributed by atoms with Crippen molar-refractivity contribution in [2.75, 3.05) is 26.2 Å². The van der Waals surface area contributed by atoms with Gasteiger partial charge in [0.2, 0.25) is 0 Å². The van der Waals surface area contributed by atoms with E-state index in [4.69, 9.17) is 0 Å². The molecule has 7 heteroatoms. The summed E-state index contributed by atoms with van der Waals surface area (Å²) in [5.74, 6) is -4.54. The number of unbranched alkanes of at least 4 members (excludes halogenated alkanes) is 10. The summed E-state index contributed by atoms with van der Waals surface area (Å²) >= 11 is 0. The number of quaternary nitrogens is 1. The minimum atomic E-state index is -0.894. The Morgan fingerprint density at radius 1 is 0.553 bits per heavy atom. The fourth-order valence-corrected chi connectivity index (χ4v) is 5.39. The first kappa shape index (κ1) is 36.1. The topological polar surface area (TPSA) is 112 Å². The molecule has 0 radical (unpaired) electrons. The Morgan fingerprint density at radius 2 is 0.895 bits per heavy atom. The molecule has 7 nitrogen and oxygen atoms in total. The maximum atomic E-state index is 11.9. The zero-order chi connectivity index (χ0) is 28.8. The fourth-order valence-electron chi connectivity index (χ4n) is 5.39. The van der Waals surface area contributed by atoms with Gasteiger partial charge in [-0.1, -0.05) is 78.4 Å². The summed E-state index contributed by atoms with van der Waals surface area (Å²) in [5, 5.41) is 29.3. The van der Waals surface area contributed by atoms with E-state index in [2.05, 4.69) is 19.1 Å². The summed E-state index contributed by atoms with van der Waals surface area (Å²) < 4.78 is 0.249. The summed E-state index contributed by atoms with van der Waals surface area (Å²) in [6.07, 6.45) is 20.0. The highest BCUT2D eigenvalue weighted by molar-refractivity contribution is 5.71. The largest absolute Gasteiger partial charge is 0.481 e. The third-order valence-electron chi connectivity index (χ3n) is 7.99. The van der Waals surface area contributed by atoms with Gasteiger partial charge in [-0.25, -0.2) is 0 Å². The van der Waals surface area contributed by atoms with Crippen molar-refractivity contribution >= 4 is 17.9 Å². The molecule has 38 heavy (non-hydrogen) atoms. The zero-order valence-corrected chi connectivity index (χ0v) is 24.8. The number of carbonyl (C=O) groups is 3. The molecule has 222 valence electrons. The van der Waals surface area contributed by atoms with Crippen LogP contribution < -0.4 is 0 Å². The van der Waals surface area contributed by atoms with E-state index < -0.39 is 35.7 Å². The number of carboxylic acids is 3. The van der Waals surface area contributed by atoms with Crippen molar-refractivity contribution in [3.05, 3.63) is 12.2 Å². The number of carboxylic acid groups (broad SMARTS) is 3. The third kappa shape index (κ3) is 16.2. The lowest BCUT2D eigenvalue weighted by molar-refractivity contribution is -0.935. The van der Waals surface area contributed by atoms with Crippen LogP contribution in [-0.2, 0) is 14.4 Å². The van der Waals surface area contributed by atoms with E-state index in [1.807, 2.05) is 20.8 Å². The highest BCUT2D eigenvalue weighted by atomic mass is 16.4.